The first-order chi connectivity index (χ1) is 9.33. The van der Waals surface area contributed by atoms with E-state index in [4.69, 9.17) is 11.6 Å². The van der Waals surface area contributed by atoms with Crippen molar-refractivity contribution in [3.63, 3.8) is 0 Å². The normalized spacial score (nSPS) is 16.1. The van der Waals surface area contributed by atoms with E-state index in [0.29, 0.717) is 11.1 Å². The van der Waals surface area contributed by atoms with E-state index in [0.717, 1.165) is 18.2 Å². The minimum Gasteiger partial charge on any atom is -0.365 e. The lowest BCUT2D eigenvalue weighted by molar-refractivity contribution is 0.629. The highest BCUT2D eigenvalue weighted by molar-refractivity contribution is 6.32. The van der Waals surface area contributed by atoms with Crippen molar-refractivity contribution in [2.75, 3.05) is 5.32 Å². The molecule has 3 rings (SSSR count). The second-order valence-electron chi connectivity index (χ2n) is 5.00. The van der Waals surface area contributed by atoms with Crippen LogP contribution in [0.3, 0.4) is 0 Å². The molecule has 0 aliphatic heterocycles. The van der Waals surface area contributed by atoms with Gasteiger partial charge in [-0.05, 0) is 30.7 Å². The summed E-state index contributed by atoms with van der Waals surface area (Å²) in [7, 11) is 0. The summed E-state index contributed by atoms with van der Waals surface area (Å²) in [6.07, 6.45) is 6.73. The van der Waals surface area contributed by atoms with Crippen LogP contribution in [0.1, 0.15) is 18.4 Å². The maximum Gasteiger partial charge on any atom is 0.148 e. The Morgan fingerprint density at radius 3 is 2.74 bits per heavy atom. The molecule has 98 valence electrons. The lowest BCUT2D eigenvalue weighted by Crippen LogP contribution is -2.25. The predicted octanol–water partition coefficient (Wildman–Crippen LogP) is 3.56. The van der Waals surface area contributed by atoms with Crippen LogP contribution >= 0.6 is 11.6 Å². The first kappa shape index (κ1) is 12.4. The van der Waals surface area contributed by atoms with Crippen LogP contribution in [0, 0.1) is 5.92 Å². The summed E-state index contributed by atoms with van der Waals surface area (Å²) < 4.78 is 0. The molecule has 1 aliphatic carbocycles. The van der Waals surface area contributed by atoms with Crippen LogP contribution < -0.4 is 5.32 Å². The maximum absolute atomic E-state index is 6.11. The van der Waals surface area contributed by atoms with Crippen molar-refractivity contribution in [3.8, 4) is 0 Å². The zero-order valence-electron chi connectivity index (χ0n) is 10.6. The maximum atomic E-state index is 6.11. The van der Waals surface area contributed by atoms with Gasteiger partial charge in [0.15, 0.2) is 0 Å². The van der Waals surface area contributed by atoms with Crippen molar-refractivity contribution in [2.24, 2.45) is 5.92 Å². The second-order valence-corrected chi connectivity index (χ2v) is 5.40. The van der Waals surface area contributed by atoms with E-state index in [1.54, 1.807) is 6.20 Å². The van der Waals surface area contributed by atoms with Gasteiger partial charge >= 0.3 is 0 Å². The second kappa shape index (κ2) is 5.57. The van der Waals surface area contributed by atoms with Gasteiger partial charge in [-0.3, -0.25) is 0 Å². The molecule has 1 N–H and O–H groups in total. The van der Waals surface area contributed by atoms with E-state index in [2.05, 4.69) is 39.6 Å². The molecule has 0 spiro atoms. The summed E-state index contributed by atoms with van der Waals surface area (Å²) in [5.41, 5.74) is 1.34. The minimum atomic E-state index is 0.398. The van der Waals surface area contributed by atoms with Crippen LogP contribution in [0.15, 0.2) is 42.9 Å². The quantitative estimate of drug-likeness (QED) is 0.905. The molecule has 1 aliphatic rings. The van der Waals surface area contributed by atoms with E-state index in [9.17, 15) is 0 Å². The molecule has 1 atom stereocenters. The van der Waals surface area contributed by atoms with Gasteiger partial charge in [0.25, 0.3) is 0 Å². The molecule has 0 bridgehead atoms. The highest BCUT2D eigenvalue weighted by Crippen LogP contribution is 2.36. The average molecular weight is 274 g/mol. The van der Waals surface area contributed by atoms with Gasteiger partial charge in [0.1, 0.15) is 17.2 Å². The van der Waals surface area contributed by atoms with Crippen molar-refractivity contribution in [1.29, 1.82) is 0 Å². The van der Waals surface area contributed by atoms with E-state index < -0.39 is 0 Å². The predicted molar refractivity (Wildman–Crippen MR) is 77.3 cm³/mol. The highest BCUT2D eigenvalue weighted by atomic mass is 35.5. The van der Waals surface area contributed by atoms with Crippen molar-refractivity contribution in [1.82, 2.24) is 9.97 Å². The molecule has 19 heavy (non-hydrogen) atoms. The Morgan fingerprint density at radius 2 is 2.05 bits per heavy atom. The summed E-state index contributed by atoms with van der Waals surface area (Å²) in [6, 6.07) is 10.9. The van der Waals surface area contributed by atoms with Crippen LogP contribution in [-0.4, -0.2) is 16.0 Å². The summed E-state index contributed by atoms with van der Waals surface area (Å²) in [4.78, 5) is 8.13. The highest BCUT2D eigenvalue weighted by Gasteiger charge is 2.31. The minimum absolute atomic E-state index is 0.398. The molecule has 2 aromatic rings. The molecule has 3 nitrogen and oxygen atoms in total. The number of aromatic nitrogens is 2. The molecule has 0 saturated heterocycles. The van der Waals surface area contributed by atoms with Gasteiger partial charge in [-0.1, -0.05) is 41.9 Å². The number of halogens is 1. The molecular weight excluding hydrogens is 258 g/mol. The van der Waals surface area contributed by atoms with E-state index in [1.807, 2.05) is 6.07 Å². The number of benzene rings is 1. The first-order valence-electron chi connectivity index (χ1n) is 6.59. The first-order valence-corrected chi connectivity index (χ1v) is 6.96. The standard InChI is InChI=1S/C15H16ClN3/c16-13-9-17-10-18-15(13)19-14(12-6-7-12)8-11-4-2-1-3-5-11/h1-5,9-10,12,14H,6-8H2,(H,17,18,19). The van der Waals surface area contributed by atoms with E-state index in [1.165, 1.54) is 24.7 Å². The summed E-state index contributed by atoms with van der Waals surface area (Å²) in [5, 5.41) is 4.06. The number of anilines is 1. The van der Waals surface area contributed by atoms with E-state index in [-0.39, 0.29) is 0 Å². The fraction of sp³-hybridized carbons (Fsp3) is 0.333. The number of rotatable bonds is 5. The largest absolute Gasteiger partial charge is 0.365 e. The Morgan fingerprint density at radius 1 is 1.26 bits per heavy atom. The smallest absolute Gasteiger partial charge is 0.148 e. The number of nitrogens with zero attached hydrogens (tertiary/aromatic N) is 2. The van der Waals surface area contributed by atoms with Gasteiger partial charge in [-0.15, -0.1) is 0 Å². The molecular formula is C15H16ClN3. The average Bonchev–Trinajstić information content (AvgIpc) is 3.26. The van der Waals surface area contributed by atoms with Crippen LogP contribution in [0.5, 0.6) is 0 Å². The molecule has 1 aromatic heterocycles. The third-order valence-electron chi connectivity index (χ3n) is 3.48. The zero-order valence-corrected chi connectivity index (χ0v) is 11.3. The Hall–Kier alpha value is -1.61. The SMILES string of the molecule is Clc1cncnc1NC(Cc1ccccc1)C1CC1. The van der Waals surface area contributed by atoms with Crippen LogP contribution in [0.4, 0.5) is 5.82 Å². The molecule has 1 unspecified atom stereocenters. The number of hydrogen-bond acceptors (Lipinski definition) is 3. The summed E-state index contributed by atoms with van der Waals surface area (Å²) in [5.74, 6) is 1.47. The molecule has 0 amide bonds. The van der Waals surface area contributed by atoms with Gasteiger partial charge in [-0.2, -0.15) is 0 Å². The van der Waals surface area contributed by atoms with Crippen molar-refractivity contribution < 1.29 is 0 Å². The lowest BCUT2D eigenvalue weighted by Gasteiger charge is -2.19. The molecule has 1 aromatic carbocycles. The third-order valence-corrected chi connectivity index (χ3v) is 3.76. The lowest BCUT2D eigenvalue weighted by atomic mass is 10.0. The fourth-order valence-electron chi connectivity index (χ4n) is 2.30. The van der Waals surface area contributed by atoms with Crippen LogP contribution in [0.25, 0.3) is 0 Å². The Bertz CT molecular complexity index is 540. The number of hydrogen-bond donors (Lipinski definition) is 1. The fourth-order valence-corrected chi connectivity index (χ4v) is 2.46. The Kier molecular flexibility index (Phi) is 3.65. The molecule has 1 saturated carbocycles. The van der Waals surface area contributed by atoms with Gasteiger partial charge < -0.3 is 5.32 Å². The van der Waals surface area contributed by atoms with Crippen molar-refractivity contribution in [3.05, 3.63) is 53.4 Å². The topological polar surface area (TPSA) is 37.8 Å². The Balaban J connectivity index is 1.73. The zero-order chi connectivity index (χ0) is 13.1. The monoisotopic (exact) mass is 273 g/mol. The number of nitrogens with one attached hydrogen (secondary N) is 1. The van der Waals surface area contributed by atoms with E-state index >= 15 is 0 Å². The summed E-state index contributed by atoms with van der Waals surface area (Å²) in [6.45, 7) is 0. The van der Waals surface area contributed by atoms with Gasteiger partial charge in [-0.25, -0.2) is 9.97 Å². The molecule has 1 fully saturated rings. The summed E-state index contributed by atoms with van der Waals surface area (Å²) >= 11 is 6.11. The third kappa shape index (κ3) is 3.24. The van der Waals surface area contributed by atoms with Crippen LogP contribution in [0.2, 0.25) is 5.02 Å². The molecule has 4 heteroatoms. The van der Waals surface area contributed by atoms with Gasteiger partial charge in [0, 0.05) is 6.04 Å². The molecule has 1 heterocycles. The Labute approximate surface area is 118 Å². The van der Waals surface area contributed by atoms with Gasteiger partial charge in [0.2, 0.25) is 0 Å². The molecule has 0 radical (unpaired) electrons. The van der Waals surface area contributed by atoms with Gasteiger partial charge in [0.05, 0.1) is 6.20 Å². The van der Waals surface area contributed by atoms with Crippen molar-refractivity contribution >= 4 is 17.4 Å². The van der Waals surface area contributed by atoms with Crippen molar-refractivity contribution in [2.45, 2.75) is 25.3 Å². The van der Waals surface area contributed by atoms with Crippen LogP contribution in [-0.2, 0) is 6.42 Å².